The second-order valence-electron chi connectivity index (χ2n) is 6.75. The molecule has 0 fully saturated rings. The molecule has 3 rings (SSSR count). The number of rotatable bonds is 3. The Kier molecular flexibility index (Phi) is 10.3. The van der Waals surface area contributed by atoms with E-state index in [9.17, 15) is 9.90 Å². The first kappa shape index (κ1) is 26.5. The maximum atomic E-state index is 12.7. The number of aromatic hydroxyl groups is 1. The Morgan fingerprint density at radius 1 is 1.47 bits per heavy atom. The summed E-state index contributed by atoms with van der Waals surface area (Å²) in [6.45, 7) is 0.368. The topological polar surface area (TPSA) is 133 Å². The van der Waals surface area contributed by atoms with Crippen molar-refractivity contribution in [1.82, 2.24) is 15.5 Å². The number of nitrogens with one attached hydrogen (secondary N) is 1. The van der Waals surface area contributed by atoms with Gasteiger partial charge in [0.05, 0.1) is 35.8 Å². The fourth-order valence-corrected chi connectivity index (χ4v) is 4.69. The van der Waals surface area contributed by atoms with E-state index in [1.54, 1.807) is 0 Å². The lowest BCUT2D eigenvalue weighted by Gasteiger charge is -2.19. The van der Waals surface area contributed by atoms with Gasteiger partial charge in [-0.05, 0) is 19.3 Å². The van der Waals surface area contributed by atoms with E-state index < -0.39 is 5.97 Å². The molecule has 0 radical (unpaired) electrons. The fraction of sp³-hybridized carbons (Fsp3) is 0.474. The second-order valence-corrected chi connectivity index (χ2v) is 8.65. The maximum Gasteiger partial charge on any atom is 0.340 e. The van der Waals surface area contributed by atoms with Gasteiger partial charge >= 0.3 is 5.97 Å². The highest BCUT2D eigenvalue weighted by molar-refractivity contribution is 7.98. The number of nitrogens with zero attached hydrogens (tertiary/aromatic N) is 2. The standard InChI is InChI=1S/C19H23ClN4O5S2.ClH/c1-27-13-6-12(25)10-8-31-9-11(18-23-14(7-21)24-29-18)22-15(30)4-2-3-5-28-19(26)16(10)17(13)20;/h6,11,25H,2-5,7-9,21H2,1H3,(H,22,30);1H/t11-;/m0./s1. The van der Waals surface area contributed by atoms with Gasteiger partial charge in [-0.25, -0.2) is 4.79 Å². The summed E-state index contributed by atoms with van der Waals surface area (Å²) < 4.78 is 15.9. The van der Waals surface area contributed by atoms with Crippen molar-refractivity contribution < 1.29 is 23.9 Å². The van der Waals surface area contributed by atoms with Crippen molar-refractivity contribution in [1.29, 1.82) is 0 Å². The number of thioether (sulfide) groups is 1. The predicted molar refractivity (Wildman–Crippen MR) is 128 cm³/mol. The number of carbonyl (C=O) groups is 1. The number of benzene rings is 1. The molecule has 0 unspecified atom stereocenters. The largest absolute Gasteiger partial charge is 0.507 e. The molecule has 0 saturated carbocycles. The Labute approximate surface area is 206 Å². The van der Waals surface area contributed by atoms with Crippen molar-refractivity contribution in [2.45, 2.75) is 37.6 Å². The van der Waals surface area contributed by atoms with E-state index in [1.807, 2.05) is 0 Å². The van der Waals surface area contributed by atoms with Crippen LogP contribution in [0.4, 0.5) is 0 Å². The monoisotopic (exact) mass is 522 g/mol. The molecule has 176 valence electrons. The zero-order chi connectivity index (χ0) is 22.4. The molecule has 0 spiro atoms. The Morgan fingerprint density at radius 3 is 2.94 bits per heavy atom. The number of phenols is 1. The van der Waals surface area contributed by atoms with Gasteiger partial charge in [0.1, 0.15) is 17.5 Å². The van der Waals surface area contributed by atoms with Gasteiger partial charge in [0.15, 0.2) is 5.82 Å². The number of ether oxygens (including phenoxy) is 2. The Hall–Kier alpha value is -1.79. The molecule has 13 heteroatoms. The molecule has 0 aliphatic carbocycles. The molecule has 2 aromatic rings. The SMILES string of the molecule is COc1cc(O)c2c(c1Cl)C(=O)OCCCCC(=S)N[C@H](c1nc(CN)no1)CSC2.Cl. The lowest BCUT2D eigenvalue weighted by atomic mass is 10.1. The quantitative estimate of drug-likeness (QED) is 0.403. The summed E-state index contributed by atoms with van der Waals surface area (Å²) in [5.74, 6) is 1.03. The number of esters is 1. The van der Waals surface area contributed by atoms with Crippen LogP contribution in [0.3, 0.4) is 0 Å². The molecule has 1 aliphatic rings. The van der Waals surface area contributed by atoms with Gasteiger partial charge in [0.2, 0.25) is 5.89 Å². The second kappa shape index (κ2) is 12.4. The minimum absolute atomic E-state index is 0. The van der Waals surface area contributed by atoms with Crippen molar-refractivity contribution in [3.05, 3.63) is 33.9 Å². The van der Waals surface area contributed by atoms with E-state index in [2.05, 4.69) is 15.5 Å². The zero-order valence-electron chi connectivity index (χ0n) is 17.3. The average molecular weight is 523 g/mol. The number of carbonyl (C=O) groups excluding carboxylic acids is 1. The molecule has 9 nitrogen and oxygen atoms in total. The Balaban J connectivity index is 0.00000363. The van der Waals surface area contributed by atoms with Gasteiger partial charge in [-0.15, -0.1) is 12.4 Å². The molecule has 1 aromatic carbocycles. The summed E-state index contributed by atoms with van der Waals surface area (Å²) in [5.41, 5.74) is 6.05. The first-order chi connectivity index (χ1) is 14.9. The van der Waals surface area contributed by atoms with Crippen molar-refractivity contribution >= 4 is 58.9 Å². The highest BCUT2D eigenvalue weighted by Crippen LogP contribution is 2.39. The van der Waals surface area contributed by atoms with Crippen LogP contribution in [-0.4, -0.2) is 45.7 Å². The highest BCUT2D eigenvalue weighted by atomic mass is 35.5. The van der Waals surface area contributed by atoms with Crippen LogP contribution in [0, 0.1) is 0 Å². The number of nitrogens with two attached hydrogens (primary N) is 1. The Bertz CT molecular complexity index is 960. The highest BCUT2D eigenvalue weighted by Gasteiger charge is 2.26. The number of aromatic nitrogens is 2. The van der Waals surface area contributed by atoms with Gasteiger partial charge in [0, 0.05) is 23.1 Å². The average Bonchev–Trinajstić information content (AvgIpc) is 3.23. The Morgan fingerprint density at radius 2 is 2.25 bits per heavy atom. The molecule has 1 aromatic heterocycles. The fourth-order valence-electron chi connectivity index (χ4n) is 3.00. The number of methoxy groups -OCH3 is 1. The van der Waals surface area contributed by atoms with Crippen LogP contribution >= 0.6 is 48.0 Å². The van der Waals surface area contributed by atoms with Gasteiger partial charge in [0.25, 0.3) is 0 Å². The van der Waals surface area contributed by atoms with Crippen LogP contribution in [0.5, 0.6) is 11.5 Å². The van der Waals surface area contributed by atoms with Gasteiger partial charge in [-0.1, -0.05) is 29.0 Å². The lowest BCUT2D eigenvalue weighted by molar-refractivity contribution is 0.0497. The molecule has 0 saturated heterocycles. The molecule has 32 heavy (non-hydrogen) atoms. The van der Waals surface area contributed by atoms with Crippen molar-refractivity contribution in [3.8, 4) is 11.5 Å². The minimum atomic E-state index is -0.603. The van der Waals surface area contributed by atoms with Crippen molar-refractivity contribution in [3.63, 3.8) is 0 Å². The normalized spacial score (nSPS) is 17.9. The van der Waals surface area contributed by atoms with E-state index in [0.29, 0.717) is 40.9 Å². The molecular formula is C19H24Cl2N4O5S2. The van der Waals surface area contributed by atoms with Gasteiger partial charge in [-0.2, -0.15) is 16.7 Å². The summed E-state index contributed by atoms with van der Waals surface area (Å²) >= 11 is 13.3. The third-order valence-electron chi connectivity index (χ3n) is 4.60. The molecule has 1 atom stereocenters. The summed E-state index contributed by atoms with van der Waals surface area (Å²) in [4.78, 5) is 17.7. The van der Waals surface area contributed by atoms with Crippen LogP contribution in [0.2, 0.25) is 5.02 Å². The van der Waals surface area contributed by atoms with Crippen LogP contribution in [-0.2, 0) is 17.0 Å². The first-order valence-electron chi connectivity index (χ1n) is 9.59. The van der Waals surface area contributed by atoms with Crippen LogP contribution in [0.25, 0.3) is 0 Å². The first-order valence-corrected chi connectivity index (χ1v) is 11.5. The smallest absolute Gasteiger partial charge is 0.340 e. The van der Waals surface area contributed by atoms with E-state index in [-0.39, 0.29) is 59.4 Å². The molecular weight excluding hydrogens is 499 g/mol. The molecule has 4 N–H and O–H groups in total. The predicted octanol–water partition coefficient (Wildman–Crippen LogP) is 3.55. The van der Waals surface area contributed by atoms with Crippen LogP contribution in [0.1, 0.15) is 52.9 Å². The van der Waals surface area contributed by atoms with Crippen LogP contribution in [0.15, 0.2) is 10.6 Å². The number of thiocarbonyl (C=S) groups is 1. The van der Waals surface area contributed by atoms with Crippen molar-refractivity contribution in [2.24, 2.45) is 5.73 Å². The summed E-state index contributed by atoms with van der Waals surface area (Å²) in [5, 5.41) is 17.7. The van der Waals surface area contributed by atoms with Crippen LogP contribution < -0.4 is 15.8 Å². The molecule has 2 heterocycles. The summed E-state index contributed by atoms with van der Waals surface area (Å²) in [6.07, 6.45) is 1.96. The molecule has 0 amide bonds. The number of hydrogen-bond acceptors (Lipinski definition) is 10. The zero-order valence-corrected chi connectivity index (χ0v) is 20.5. The van der Waals surface area contributed by atoms with Gasteiger partial charge < -0.3 is 30.2 Å². The number of cyclic esters (lactones) is 1. The summed E-state index contributed by atoms with van der Waals surface area (Å²) in [7, 11) is 1.41. The van der Waals surface area contributed by atoms with E-state index in [4.69, 9.17) is 43.5 Å². The maximum absolute atomic E-state index is 12.7. The number of phenolic OH excluding ortho intramolecular Hbond substituents is 1. The number of hydrogen-bond donors (Lipinski definition) is 3. The third-order valence-corrected chi connectivity index (χ3v) is 6.36. The van der Waals surface area contributed by atoms with E-state index in [1.165, 1.54) is 24.9 Å². The summed E-state index contributed by atoms with van der Waals surface area (Å²) in [6, 6.07) is 1.04. The molecule has 1 aliphatic heterocycles. The molecule has 0 bridgehead atoms. The van der Waals surface area contributed by atoms with E-state index in [0.717, 1.165) is 6.42 Å². The third kappa shape index (κ3) is 6.38. The van der Waals surface area contributed by atoms with Gasteiger partial charge in [-0.3, -0.25) is 0 Å². The minimum Gasteiger partial charge on any atom is -0.507 e. The van der Waals surface area contributed by atoms with Crippen molar-refractivity contribution in [2.75, 3.05) is 19.5 Å². The lowest BCUT2D eigenvalue weighted by Crippen LogP contribution is -2.29. The number of fused-ring (bicyclic) bond motifs is 1. The number of halogens is 2. The van der Waals surface area contributed by atoms with E-state index >= 15 is 0 Å².